The summed E-state index contributed by atoms with van der Waals surface area (Å²) in [6.45, 7) is 2.83. The molecule has 1 aliphatic carbocycles. The highest BCUT2D eigenvalue weighted by Gasteiger charge is 2.32. The molecule has 0 aromatic heterocycles. The Bertz CT molecular complexity index is 349. The van der Waals surface area contributed by atoms with E-state index in [1.165, 1.54) is 25.7 Å². The SMILES string of the molecule is ClCC1(CNCCCOc2ccccc2)CCCC1. The fourth-order valence-corrected chi connectivity index (χ4v) is 3.10. The van der Waals surface area contributed by atoms with Crippen LogP contribution in [0.1, 0.15) is 32.1 Å². The van der Waals surface area contributed by atoms with Crippen LogP contribution >= 0.6 is 11.6 Å². The Morgan fingerprint density at radius 1 is 1.16 bits per heavy atom. The van der Waals surface area contributed by atoms with Gasteiger partial charge in [-0.3, -0.25) is 0 Å². The van der Waals surface area contributed by atoms with Crippen LogP contribution in [0.5, 0.6) is 5.75 Å². The summed E-state index contributed by atoms with van der Waals surface area (Å²) < 4.78 is 5.66. The molecule has 0 saturated heterocycles. The van der Waals surface area contributed by atoms with Gasteiger partial charge in [-0.25, -0.2) is 0 Å². The van der Waals surface area contributed by atoms with Crippen molar-refractivity contribution < 1.29 is 4.74 Å². The van der Waals surface area contributed by atoms with Crippen molar-refractivity contribution in [3.05, 3.63) is 30.3 Å². The average molecular weight is 282 g/mol. The second-order valence-electron chi connectivity index (χ2n) is 5.53. The minimum absolute atomic E-state index is 0.363. The summed E-state index contributed by atoms with van der Waals surface area (Å²) in [7, 11) is 0. The smallest absolute Gasteiger partial charge is 0.119 e. The Morgan fingerprint density at radius 2 is 1.89 bits per heavy atom. The summed E-state index contributed by atoms with van der Waals surface area (Å²) in [4.78, 5) is 0. The molecule has 1 fully saturated rings. The van der Waals surface area contributed by atoms with Crippen LogP contribution in [0.15, 0.2) is 30.3 Å². The average Bonchev–Trinajstić information content (AvgIpc) is 2.93. The Hall–Kier alpha value is -0.730. The predicted octanol–water partition coefficient (Wildman–Crippen LogP) is 3.84. The molecule has 0 atom stereocenters. The van der Waals surface area contributed by atoms with Gasteiger partial charge >= 0.3 is 0 Å². The second-order valence-corrected chi connectivity index (χ2v) is 5.80. The van der Waals surface area contributed by atoms with E-state index < -0.39 is 0 Å². The van der Waals surface area contributed by atoms with E-state index in [0.717, 1.165) is 37.7 Å². The molecule has 19 heavy (non-hydrogen) atoms. The van der Waals surface area contributed by atoms with E-state index in [1.807, 2.05) is 30.3 Å². The van der Waals surface area contributed by atoms with E-state index in [4.69, 9.17) is 16.3 Å². The molecule has 1 saturated carbocycles. The fraction of sp³-hybridized carbons (Fsp3) is 0.625. The molecule has 106 valence electrons. The van der Waals surface area contributed by atoms with E-state index in [9.17, 15) is 0 Å². The summed E-state index contributed by atoms with van der Waals surface area (Å²) in [5.41, 5.74) is 0.363. The van der Waals surface area contributed by atoms with Gasteiger partial charge in [0.05, 0.1) is 6.61 Å². The number of benzene rings is 1. The number of para-hydroxylation sites is 1. The summed E-state index contributed by atoms with van der Waals surface area (Å²) >= 11 is 6.12. The van der Waals surface area contributed by atoms with Gasteiger partial charge < -0.3 is 10.1 Å². The first-order valence-corrected chi connectivity index (χ1v) is 7.83. The molecular weight excluding hydrogens is 258 g/mol. The lowest BCUT2D eigenvalue weighted by atomic mass is 9.88. The lowest BCUT2D eigenvalue weighted by Gasteiger charge is -2.26. The van der Waals surface area contributed by atoms with Crippen LogP contribution in [-0.4, -0.2) is 25.6 Å². The van der Waals surface area contributed by atoms with Gasteiger partial charge in [0.2, 0.25) is 0 Å². The van der Waals surface area contributed by atoms with Crippen molar-refractivity contribution in [2.45, 2.75) is 32.1 Å². The minimum atomic E-state index is 0.363. The van der Waals surface area contributed by atoms with E-state index in [0.29, 0.717) is 5.41 Å². The monoisotopic (exact) mass is 281 g/mol. The minimum Gasteiger partial charge on any atom is -0.494 e. The van der Waals surface area contributed by atoms with Crippen molar-refractivity contribution in [1.29, 1.82) is 0 Å². The molecule has 0 radical (unpaired) electrons. The first-order valence-electron chi connectivity index (χ1n) is 7.29. The van der Waals surface area contributed by atoms with E-state index in [1.54, 1.807) is 0 Å². The molecular formula is C16H24ClNO. The molecule has 1 N–H and O–H groups in total. The van der Waals surface area contributed by atoms with Gasteiger partial charge in [0.25, 0.3) is 0 Å². The standard InChI is InChI=1S/C16H24ClNO/c17-13-16(9-4-5-10-16)14-18-11-6-12-19-15-7-2-1-3-8-15/h1-3,7-8,18H,4-6,9-14H2. The van der Waals surface area contributed by atoms with Gasteiger partial charge in [-0.05, 0) is 43.4 Å². The van der Waals surface area contributed by atoms with Crippen LogP contribution in [0.3, 0.4) is 0 Å². The molecule has 2 nitrogen and oxygen atoms in total. The largest absolute Gasteiger partial charge is 0.494 e. The van der Waals surface area contributed by atoms with Crippen molar-refractivity contribution in [1.82, 2.24) is 5.32 Å². The number of hydrogen-bond acceptors (Lipinski definition) is 2. The van der Waals surface area contributed by atoms with Gasteiger partial charge in [0.1, 0.15) is 5.75 Å². The summed E-state index contributed by atoms with van der Waals surface area (Å²) in [5, 5.41) is 3.54. The van der Waals surface area contributed by atoms with Gasteiger partial charge in [-0.2, -0.15) is 0 Å². The molecule has 0 unspecified atom stereocenters. The maximum absolute atomic E-state index is 6.12. The zero-order valence-corrected chi connectivity index (χ0v) is 12.3. The first kappa shape index (κ1) is 14.7. The normalized spacial score (nSPS) is 17.5. The highest BCUT2D eigenvalue weighted by atomic mass is 35.5. The topological polar surface area (TPSA) is 21.3 Å². The molecule has 3 heteroatoms. The molecule has 0 aliphatic heterocycles. The van der Waals surface area contributed by atoms with Crippen LogP contribution in [0, 0.1) is 5.41 Å². The lowest BCUT2D eigenvalue weighted by molar-refractivity contribution is 0.290. The zero-order valence-electron chi connectivity index (χ0n) is 11.5. The van der Waals surface area contributed by atoms with Gasteiger partial charge in [0.15, 0.2) is 0 Å². The molecule has 1 aromatic rings. The van der Waals surface area contributed by atoms with Gasteiger partial charge in [-0.15, -0.1) is 11.6 Å². The number of nitrogens with one attached hydrogen (secondary N) is 1. The third-order valence-electron chi connectivity index (χ3n) is 3.96. The van der Waals surface area contributed by atoms with Crippen LogP contribution in [0.25, 0.3) is 0 Å². The quantitative estimate of drug-likeness (QED) is 0.577. The van der Waals surface area contributed by atoms with Crippen molar-refractivity contribution in [3.8, 4) is 5.75 Å². The summed E-state index contributed by atoms with van der Waals surface area (Å²) in [5.74, 6) is 1.75. The second kappa shape index (κ2) is 7.76. The number of alkyl halides is 1. The third kappa shape index (κ3) is 4.70. The van der Waals surface area contributed by atoms with Crippen LogP contribution in [0.2, 0.25) is 0 Å². The van der Waals surface area contributed by atoms with Gasteiger partial charge in [-0.1, -0.05) is 31.0 Å². The van der Waals surface area contributed by atoms with E-state index >= 15 is 0 Å². The Morgan fingerprint density at radius 3 is 2.58 bits per heavy atom. The van der Waals surface area contributed by atoms with Gasteiger partial charge in [0, 0.05) is 12.4 Å². The highest BCUT2D eigenvalue weighted by Crippen LogP contribution is 2.38. The van der Waals surface area contributed by atoms with Crippen molar-refractivity contribution in [2.75, 3.05) is 25.6 Å². The van der Waals surface area contributed by atoms with E-state index in [2.05, 4.69) is 5.32 Å². The molecule has 0 amide bonds. The molecule has 1 aromatic carbocycles. The summed E-state index contributed by atoms with van der Waals surface area (Å²) in [6.07, 6.45) is 6.28. The Balaban J connectivity index is 1.55. The highest BCUT2D eigenvalue weighted by molar-refractivity contribution is 6.18. The molecule has 0 spiro atoms. The van der Waals surface area contributed by atoms with E-state index in [-0.39, 0.29) is 0 Å². The molecule has 0 bridgehead atoms. The Labute approximate surface area is 121 Å². The molecule has 2 rings (SSSR count). The maximum atomic E-state index is 6.12. The lowest BCUT2D eigenvalue weighted by Crippen LogP contribution is -2.34. The number of rotatable bonds is 8. The zero-order chi connectivity index (χ0) is 13.4. The summed E-state index contributed by atoms with van der Waals surface area (Å²) in [6, 6.07) is 9.99. The number of hydrogen-bond donors (Lipinski definition) is 1. The predicted molar refractivity (Wildman–Crippen MR) is 81.0 cm³/mol. The third-order valence-corrected chi connectivity index (χ3v) is 4.52. The van der Waals surface area contributed by atoms with Crippen LogP contribution < -0.4 is 10.1 Å². The van der Waals surface area contributed by atoms with Crippen molar-refractivity contribution >= 4 is 11.6 Å². The number of ether oxygens (including phenoxy) is 1. The van der Waals surface area contributed by atoms with Crippen LogP contribution in [-0.2, 0) is 0 Å². The Kier molecular flexibility index (Phi) is 5.99. The van der Waals surface area contributed by atoms with Crippen molar-refractivity contribution in [2.24, 2.45) is 5.41 Å². The molecule has 1 aliphatic rings. The fourth-order valence-electron chi connectivity index (χ4n) is 2.74. The first-order chi connectivity index (χ1) is 9.35. The maximum Gasteiger partial charge on any atom is 0.119 e. The number of halogens is 1. The van der Waals surface area contributed by atoms with Crippen LogP contribution in [0.4, 0.5) is 0 Å². The molecule has 0 heterocycles. The van der Waals surface area contributed by atoms with Crippen molar-refractivity contribution in [3.63, 3.8) is 0 Å².